The van der Waals surface area contributed by atoms with Crippen molar-refractivity contribution < 1.29 is 13.9 Å². The number of methoxy groups -OCH3 is 1. The zero-order chi connectivity index (χ0) is 19.6. The Balaban J connectivity index is 1.95. The Morgan fingerprint density at radius 1 is 1.11 bits per heavy atom. The van der Waals surface area contributed by atoms with Crippen LogP contribution in [-0.2, 0) is 6.54 Å². The van der Waals surface area contributed by atoms with Gasteiger partial charge in [-0.1, -0.05) is 18.2 Å². The van der Waals surface area contributed by atoms with E-state index in [1.54, 1.807) is 13.2 Å². The number of aryl methyl sites for hydroxylation is 3. The van der Waals surface area contributed by atoms with Crippen molar-refractivity contribution in [2.45, 2.75) is 27.3 Å². The van der Waals surface area contributed by atoms with Gasteiger partial charge in [0.15, 0.2) is 0 Å². The highest BCUT2D eigenvalue weighted by Crippen LogP contribution is 2.27. The van der Waals surface area contributed by atoms with Crippen molar-refractivity contribution in [2.75, 3.05) is 12.4 Å². The Morgan fingerprint density at radius 2 is 1.89 bits per heavy atom. The van der Waals surface area contributed by atoms with Crippen LogP contribution in [0.3, 0.4) is 0 Å². The number of hydrogen-bond donors (Lipinski definition) is 1. The minimum atomic E-state index is -0.287. The van der Waals surface area contributed by atoms with Crippen LogP contribution in [0.4, 0.5) is 10.1 Å². The van der Waals surface area contributed by atoms with Gasteiger partial charge >= 0.3 is 0 Å². The molecule has 0 fully saturated rings. The number of rotatable bonds is 5. The van der Waals surface area contributed by atoms with Crippen LogP contribution in [0, 0.1) is 26.6 Å². The van der Waals surface area contributed by atoms with Crippen LogP contribution in [0.1, 0.15) is 32.9 Å². The number of carbonyl (C=O) groups is 1. The number of aromatic nitrogens is 1. The first-order valence-corrected chi connectivity index (χ1v) is 8.76. The van der Waals surface area contributed by atoms with Crippen LogP contribution in [0.15, 0.2) is 48.5 Å². The second-order valence-electron chi connectivity index (χ2n) is 6.69. The molecule has 4 nitrogen and oxygen atoms in total. The molecule has 0 spiro atoms. The molecule has 5 heteroatoms. The van der Waals surface area contributed by atoms with Crippen molar-refractivity contribution in [3.05, 3.63) is 82.4 Å². The lowest BCUT2D eigenvalue weighted by molar-refractivity contribution is 0.101. The molecular formula is C22H23FN2O2. The third kappa shape index (κ3) is 4.03. The summed E-state index contributed by atoms with van der Waals surface area (Å²) in [7, 11) is 1.57. The van der Waals surface area contributed by atoms with Crippen LogP contribution in [0.5, 0.6) is 5.75 Å². The summed E-state index contributed by atoms with van der Waals surface area (Å²) in [4.78, 5) is 13.0. The van der Waals surface area contributed by atoms with E-state index in [1.165, 1.54) is 12.1 Å². The smallest absolute Gasteiger partial charge is 0.272 e. The van der Waals surface area contributed by atoms with E-state index in [9.17, 15) is 9.18 Å². The number of anilines is 1. The lowest BCUT2D eigenvalue weighted by Gasteiger charge is -2.15. The summed E-state index contributed by atoms with van der Waals surface area (Å²) >= 11 is 0. The molecule has 0 atom stereocenters. The maximum Gasteiger partial charge on any atom is 0.272 e. The highest BCUT2D eigenvalue weighted by molar-refractivity contribution is 6.05. The summed E-state index contributed by atoms with van der Waals surface area (Å²) in [5, 5.41) is 2.95. The third-order valence-corrected chi connectivity index (χ3v) is 4.54. The van der Waals surface area contributed by atoms with Crippen LogP contribution < -0.4 is 10.1 Å². The van der Waals surface area contributed by atoms with Gasteiger partial charge in [0, 0.05) is 12.2 Å². The Labute approximate surface area is 158 Å². The van der Waals surface area contributed by atoms with E-state index in [2.05, 4.69) is 5.32 Å². The van der Waals surface area contributed by atoms with E-state index in [4.69, 9.17) is 4.74 Å². The van der Waals surface area contributed by atoms with E-state index < -0.39 is 0 Å². The van der Waals surface area contributed by atoms with Crippen molar-refractivity contribution in [2.24, 2.45) is 0 Å². The zero-order valence-corrected chi connectivity index (χ0v) is 16.0. The van der Waals surface area contributed by atoms with Gasteiger partial charge in [-0.05, 0) is 67.8 Å². The number of halogens is 1. The first-order chi connectivity index (χ1) is 12.9. The molecule has 3 aromatic rings. The highest BCUT2D eigenvalue weighted by atomic mass is 19.1. The Morgan fingerprint density at radius 3 is 2.59 bits per heavy atom. The van der Waals surface area contributed by atoms with Crippen LogP contribution >= 0.6 is 0 Å². The molecule has 0 bridgehead atoms. The summed E-state index contributed by atoms with van der Waals surface area (Å²) in [6, 6.07) is 14.0. The van der Waals surface area contributed by atoms with Crippen molar-refractivity contribution in [3.63, 3.8) is 0 Å². The molecule has 1 N–H and O–H groups in total. The molecular weight excluding hydrogens is 343 g/mol. The predicted octanol–water partition coefficient (Wildman–Crippen LogP) is 4.86. The summed E-state index contributed by atoms with van der Waals surface area (Å²) in [6.45, 7) is 6.22. The predicted molar refractivity (Wildman–Crippen MR) is 105 cm³/mol. The van der Waals surface area contributed by atoms with E-state index in [0.717, 1.165) is 22.4 Å². The van der Waals surface area contributed by atoms with E-state index in [0.29, 0.717) is 23.7 Å². The second kappa shape index (κ2) is 7.66. The first kappa shape index (κ1) is 18.7. The maximum atomic E-state index is 13.5. The van der Waals surface area contributed by atoms with Gasteiger partial charge in [-0.25, -0.2) is 4.39 Å². The number of amides is 1. The van der Waals surface area contributed by atoms with Crippen LogP contribution in [0.25, 0.3) is 0 Å². The molecule has 0 aliphatic rings. The number of ether oxygens (including phenoxy) is 1. The normalized spacial score (nSPS) is 10.7. The maximum absolute atomic E-state index is 13.5. The molecule has 3 rings (SSSR count). The average Bonchev–Trinajstić information content (AvgIpc) is 2.88. The lowest BCUT2D eigenvalue weighted by Crippen LogP contribution is -2.19. The fourth-order valence-corrected chi connectivity index (χ4v) is 3.27. The summed E-state index contributed by atoms with van der Waals surface area (Å²) < 4.78 is 20.8. The van der Waals surface area contributed by atoms with E-state index >= 15 is 0 Å². The van der Waals surface area contributed by atoms with Gasteiger partial charge in [-0.15, -0.1) is 0 Å². The standard InChI is InChI=1S/C22H23FN2O2/c1-14-8-9-20(27-4)19(10-14)24-22(26)21-15(2)11-16(3)25(21)13-17-6-5-7-18(23)12-17/h5-12H,13H2,1-4H3,(H,24,26). The third-order valence-electron chi connectivity index (χ3n) is 4.54. The largest absolute Gasteiger partial charge is 0.495 e. The fraction of sp³-hybridized carbons (Fsp3) is 0.227. The Kier molecular flexibility index (Phi) is 5.31. The van der Waals surface area contributed by atoms with Crippen molar-refractivity contribution in [3.8, 4) is 5.75 Å². The van der Waals surface area contributed by atoms with Crippen molar-refractivity contribution in [1.29, 1.82) is 0 Å². The molecule has 0 unspecified atom stereocenters. The van der Waals surface area contributed by atoms with Gasteiger partial charge in [-0.2, -0.15) is 0 Å². The SMILES string of the molecule is COc1ccc(C)cc1NC(=O)c1c(C)cc(C)n1Cc1cccc(F)c1. The number of nitrogens with one attached hydrogen (secondary N) is 1. The van der Waals surface area contributed by atoms with Crippen LogP contribution in [-0.4, -0.2) is 17.6 Å². The van der Waals surface area contributed by atoms with E-state index in [1.807, 2.05) is 55.7 Å². The minimum Gasteiger partial charge on any atom is -0.495 e. The monoisotopic (exact) mass is 366 g/mol. The fourth-order valence-electron chi connectivity index (χ4n) is 3.27. The molecule has 1 amide bonds. The van der Waals surface area contributed by atoms with E-state index in [-0.39, 0.29) is 11.7 Å². The average molecular weight is 366 g/mol. The molecule has 1 aromatic heterocycles. The quantitative estimate of drug-likeness (QED) is 0.701. The first-order valence-electron chi connectivity index (χ1n) is 8.76. The number of hydrogen-bond acceptors (Lipinski definition) is 2. The molecule has 0 aliphatic heterocycles. The lowest BCUT2D eigenvalue weighted by atomic mass is 10.2. The highest BCUT2D eigenvalue weighted by Gasteiger charge is 2.19. The van der Waals surface area contributed by atoms with Crippen LogP contribution in [0.2, 0.25) is 0 Å². The molecule has 0 aliphatic carbocycles. The molecule has 0 saturated heterocycles. The number of carbonyl (C=O) groups excluding carboxylic acids is 1. The Bertz CT molecular complexity index is 992. The summed E-state index contributed by atoms with van der Waals surface area (Å²) in [5.74, 6) is 0.0944. The molecule has 2 aromatic carbocycles. The molecule has 140 valence electrons. The Hall–Kier alpha value is -3.08. The van der Waals surface area contributed by atoms with Gasteiger partial charge < -0.3 is 14.6 Å². The topological polar surface area (TPSA) is 43.3 Å². The molecule has 27 heavy (non-hydrogen) atoms. The van der Waals surface area contributed by atoms with Crippen molar-refractivity contribution >= 4 is 11.6 Å². The van der Waals surface area contributed by atoms with Gasteiger partial charge in [0.25, 0.3) is 5.91 Å². The van der Waals surface area contributed by atoms with Gasteiger partial charge in [0.05, 0.1) is 12.8 Å². The number of nitrogens with zero attached hydrogens (tertiary/aromatic N) is 1. The second-order valence-corrected chi connectivity index (χ2v) is 6.69. The summed E-state index contributed by atoms with van der Waals surface area (Å²) in [5.41, 5.74) is 4.81. The summed E-state index contributed by atoms with van der Waals surface area (Å²) in [6.07, 6.45) is 0. The number of benzene rings is 2. The van der Waals surface area contributed by atoms with Gasteiger partial charge in [0.1, 0.15) is 17.3 Å². The zero-order valence-electron chi connectivity index (χ0n) is 16.0. The molecule has 0 saturated carbocycles. The van der Waals surface area contributed by atoms with Gasteiger partial charge in [-0.3, -0.25) is 4.79 Å². The minimum absolute atomic E-state index is 0.221. The van der Waals surface area contributed by atoms with Gasteiger partial charge in [0.2, 0.25) is 0 Å². The van der Waals surface area contributed by atoms with Crippen molar-refractivity contribution in [1.82, 2.24) is 4.57 Å². The molecule has 0 radical (unpaired) electrons. The molecule has 1 heterocycles.